The highest BCUT2D eigenvalue weighted by Crippen LogP contribution is 2.29. The number of aromatic nitrogens is 3. The van der Waals surface area contributed by atoms with Crippen LogP contribution in [0.25, 0.3) is 11.4 Å². The highest BCUT2D eigenvalue weighted by atomic mass is 32.2. The van der Waals surface area contributed by atoms with Crippen LogP contribution in [0.3, 0.4) is 0 Å². The molecule has 1 heterocycles. The third-order valence-corrected chi connectivity index (χ3v) is 5.62. The molecule has 0 spiro atoms. The van der Waals surface area contributed by atoms with E-state index in [1.54, 1.807) is 40.7 Å². The summed E-state index contributed by atoms with van der Waals surface area (Å²) in [7, 11) is 0. The molecule has 1 unspecified atom stereocenters. The van der Waals surface area contributed by atoms with Gasteiger partial charge >= 0.3 is 0 Å². The lowest BCUT2D eigenvalue weighted by Gasteiger charge is -2.24. The van der Waals surface area contributed by atoms with Crippen molar-refractivity contribution in [2.75, 3.05) is 11.4 Å². The molecule has 0 N–H and O–H groups in total. The van der Waals surface area contributed by atoms with Crippen molar-refractivity contribution in [3.05, 3.63) is 73.1 Å². The van der Waals surface area contributed by atoms with Crippen LogP contribution in [0, 0.1) is 17.1 Å². The van der Waals surface area contributed by atoms with E-state index < -0.39 is 11.1 Å². The third-order valence-electron chi connectivity index (χ3n) is 4.55. The molecule has 0 aliphatic rings. The monoisotopic (exact) mass is 435 g/mol. The van der Waals surface area contributed by atoms with Crippen LogP contribution >= 0.6 is 11.8 Å². The SMILES string of the molecule is C=CCn1c(SC(C)C(=O)N(CCC#N)c2ccccc2)nnc1-c1ccccc1F. The zero-order chi connectivity index (χ0) is 22.2. The molecule has 0 saturated heterocycles. The fourth-order valence-electron chi connectivity index (χ4n) is 3.08. The number of benzene rings is 2. The van der Waals surface area contributed by atoms with Gasteiger partial charge in [0.15, 0.2) is 11.0 Å². The van der Waals surface area contributed by atoms with Gasteiger partial charge in [-0.15, -0.1) is 16.8 Å². The number of nitrogens with zero attached hydrogens (tertiary/aromatic N) is 5. The van der Waals surface area contributed by atoms with Crippen molar-refractivity contribution in [2.45, 2.75) is 30.3 Å². The van der Waals surface area contributed by atoms with E-state index in [0.29, 0.717) is 29.6 Å². The molecule has 0 radical (unpaired) electrons. The molecule has 0 aliphatic carbocycles. The van der Waals surface area contributed by atoms with Gasteiger partial charge in [-0.1, -0.05) is 48.2 Å². The maximum Gasteiger partial charge on any atom is 0.240 e. The molecule has 6 nitrogen and oxygen atoms in total. The van der Waals surface area contributed by atoms with Crippen molar-refractivity contribution in [2.24, 2.45) is 0 Å². The predicted molar refractivity (Wildman–Crippen MR) is 120 cm³/mol. The first kappa shape index (κ1) is 22.2. The van der Waals surface area contributed by atoms with E-state index in [1.165, 1.54) is 17.8 Å². The summed E-state index contributed by atoms with van der Waals surface area (Å²) in [5.74, 6) is -0.163. The van der Waals surface area contributed by atoms with E-state index >= 15 is 0 Å². The summed E-state index contributed by atoms with van der Waals surface area (Å²) in [4.78, 5) is 14.8. The van der Waals surface area contributed by atoms with Crippen LogP contribution in [0.2, 0.25) is 0 Å². The molecular formula is C23H22FN5OS. The molecule has 1 amide bonds. The van der Waals surface area contributed by atoms with Crippen LogP contribution in [-0.4, -0.2) is 32.5 Å². The van der Waals surface area contributed by atoms with Crippen molar-refractivity contribution in [3.8, 4) is 17.5 Å². The minimum atomic E-state index is -0.500. The van der Waals surface area contributed by atoms with Gasteiger partial charge in [-0.3, -0.25) is 9.36 Å². The minimum Gasteiger partial charge on any atom is -0.310 e. The van der Waals surface area contributed by atoms with Crippen LogP contribution in [0.15, 0.2) is 72.4 Å². The van der Waals surface area contributed by atoms with Crippen LogP contribution in [0.5, 0.6) is 0 Å². The topological polar surface area (TPSA) is 74.8 Å². The minimum absolute atomic E-state index is 0.146. The molecular weight excluding hydrogens is 413 g/mol. The summed E-state index contributed by atoms with van der Waals surface area (Å²) >= 11 is 1.24. The maximum absolute atomic E-state index is 14.3. The van der Waals surface area contributed by atoms with Crippen LogP contribution in [0.1, 0.15) is 13.3 Å². The predicted octanol–water partition coefficient (Wildman–Crippen LogP) is 4.70. The first-order valence-corrected chi connectivity index (χ1v) is 10.6. The molecule has 1 atom stereocenters. The first-order chi connectivity index (χ1) is 15.1. The average Bonchev–Trinajstić information content (AvgIpc) is 3.17. The number of anilines is 1. The molecule has 8 heteroatoms. The number of allylic oxidation sites excluding steroid dienone is 1. The summed E-state index contributed by atoms with van der Waals surface area (Å²) in [6.07, 6.45) is 1.90. The molecule has 158 valence electrons. The highest BCUT2D eigenvalue weighted by Gasteiger charge is 2.26. The van der Waals surface area contributed by atoms with Crippen LogP contribution in [-0.2, 0) is 11.3 Å². The zero-order valence-electron chi connectivity index (χ0n) is 17.1. The van der Waals surface area contributed by atoms with Crippen molar-refractivity contribution in [3.63, 3.8) is 0 Å². The van der Waals surface area contributed by atoms with Crippen molar-refractivity contribution >= 4 is 23.4 Å². The molecule has 0 aliphatic heterocycles. The fourth-order valence-corrected chi connectivity index (χ4v) is 4.00. The summed E-state index contributed by atoms with van der Waals surface area (Å²) < 4.78 is 16.0. The average molecular weight is 436 g/mol. The molecule has 0 bridgehead atoms. The van der Waals surface area contributed by atoms with Gasteiger partial charge in [-0.25, -0.2) is 4.39 Å². The number of carbonyl (C=O) groups is 1. The number of carbonyl (C=O) groups excluding carboxylic acids is 1. The molecule has 3 aromatic rings. The lowest BCUT2D eigenvalue weighted by molar-refractivity contribution is -0.117. The Kier molecular flexibility index (Phi) is 7.57. The number of amides is 1. The van der Waals surface area contributed by atoms with E-state index in [9.17, 15) is 9.18 Å². The lowest BCUT2D eigenvalue weighted by Crippen LogP contribution is -2.37. The standard InChI is InChI=1S/C23H22FN5OS/c1-3-15-29-21(19-12-7-8-13-20(19)24)26-27-23(29)31-17(2)22(30)28(16-9-14-25)18-10-5-4-6-11-18/h3-8,10-13,17H,1,9,15-16H2,2H3. The van der Waals surface area contributed by atoms with Gasteiger partial charge in [-0.05, 0) is 31.2 Å². The summed E-state index contributed by atoms with van der Waals surface area (Å²) in [6.45, 7) is 6.21. The molecule has 2 aromatic carbocycles. The van der Waals surface area contributed by atoms with Crippen LogP contribution < -0.4 is 4.90 Å². The van der Waals surface area contributed by atoms with E-state index in [1.807, 2.05) is 30.3 Å². The Morgan fingerprint density at radius 2 is 1.97 bits per heavy atom. The lowest BCUT2D eigenvalue weighted by atomic mass is 10.2. The van der Waals surface area contributed by atoms with Gasteiger partial charge in [0.05, 0.1) is 23.3 Å². The van der Waals surface area contributed by atoms with Gasteiger partial charge in [0, 0.05) is 18.8 Å². The quantitative estimate of drug-likeness (QED) is 0.360. The first-order valence-electron chi connectivity index (χ1n) is 9.75. The third kappa shape index (κ3) is 5.19. The number of hydrogen-bond donors (Lipinski definition) is 0. The molecule has 0 saturated carbocycles. The van der Waals surface area contributed by atoms with E-state index in [-0.39, 0.29) is 12.3 Å². The Bertz CT molecular complexity index is 1090. The molecule has 0 fully saturated rings. The number of hydrogen-bond acceptors (Lipinski definition) is 5. The second kappa shape index (κ2) is 10.5. The number of thioether (sulfide) groups is 1. The van der Waals surface area contributed by atoms with Crippen molar-refractivity contribution < 1.29 is 9.18 Å². The summed E-state index contributed by atoms with van der Waals surface area (Å²) in [5.41, 5.74) is 1.07. The zero-order valence-corrected chi connectivity index (χ0v) is 17.9. The maximum atomic E-state index is 14.3. The second-order valence-electron chi connectivity index (χ2n) is 6.68. The Hall–Kier alpha value is -3.44. The normalized spacial score (nSPS) is 11.5. The van der Waals surface area contributed by atoms with Gasteiger partial charge in [0.25, 0.3) is 0 Å². The second-order valence-corrected chi connectivity index (χ2v) is 7.99. The van der Waals surface area contributed by atoms with E-state index in [0.717, 1.165) is 5.69 Å². The van der Waals surface area contributed by atoms with Gasteiger partial charge < -0.3 is 4.90 Å². The van der Waals surface area contributed by atoms with Crippen LogP contribution in [0.4, 0.5) is 10.1 Å². The number of rotatable bonds is 9. The Morgan fingerprint density at radius 1 is 1.26 bits per heavy atom. The molecule has 3 rings (SSSR count). The van der Waals surface area contributed by atoms with Crippen molar-refractivity contribution in [1.29, 1.82) is 5.26 Å². The van der Waals surface area contributed by atoms with Gasteiger partial charge in [0.2, 0.25) is 5.91 Å². The number of halogens is 1. The van der Waals surface area contributed by atoms with E-state index in [4.69, 9.17) is 5.26 Å². The highest BCUT2D eigenvalue weighted by molar-refractivity contribution is 8.00. The number of nitriles is 1. The van der Waals surface area contributed by atoms with E-state index in [2.05, 4.69) is 22.8 Å². The Labute approximate surface area is 185 Å². The Morgan fingerprint density at radius 3 is 2.65 bits per heavy atom. The smallest absolute Gasteiger partial charge is 0.240 e. The van der Waals surface area contributed by atoms with Gasteiger partial charge in [-0.2, -0.15) is 5.26 Å². The fraction of sp³-hybridized carbons (Fsp3) is 0.217. The van der Waals surface area contributed by atoms with Crippen molar-refractivity contribution in [1.82, 2.24) is 14.8 Å². The van der Waals surface area contributed by atoms with Gasteiger partial charge in [0.1, 0.15) is 5.82 Å². The summed E-state index contributed by atoms with van der Waals surface area (Å²) in [6, 6.07) is 17.7. The number of para-hydroxylation sites is 1. The molecule has 1 aromatic heterocycles. The Balaban J connectivity index is 1.87. The largest absolute Gasteiger partial charge is 0.310 e. The summed E-state index contributed by atoms with van der Waals surface area (Å²) in [5, 5.41) is 17.4. The molecule has 31 heavy (non-hydrogen) atoms.